The van der Waals surface area contributed by atoms with E-state index in [0.717, 1.165) is 22.6 Å². The number of nitroso groups, excluding NO2 is 1. The maximum atomic E-state index is 11.6. The van der Waals surface area contributed by atoms with Crippen LogP contribution >= 0.6 is 0 Å². The van der Waals surface area contributed by atoms with Crippen LogP contribution in [0.1, 0.15) is 26.3 Å². The number of hydrogen-bond donors (Lipinski definition) is 0. The largest absolute Gasteiger partial charge is 0.308 e. The molecule has 0 aliphatic rings. The van der Waals surface area contributed by atoms with Crippen molar-refractivity contribution >= 4 is 22.7 Å². The van der Waals surface area contributed by atoms with Crippen molar-refractivity contribution < 1.29 is 0 Å². The Labute approximate surface area is 148 Å². The lowest BCUT2D eigenvalue weighted by atomic mass is 9.86. The van der Waals surface area contributed by atoms with E-state index in [1.54, 1.807) is 0 Å². The number of benzene rings is 3. The molecule has 0 radical (unpaired) electrons. The second-order valence-electron chi connectivity index (χ2n) is 7.05. The Morgan fingerprint density at radius 3 is 1.72 bits per heavy atom. The van der Waals surface area contributed by atoms with Crippen LogP contribution in [0.4, 0.5) is 22.7 Å². The first-order chi connectivity index (χ1) is 12.0. The van der Waals surface area contributed by atoms with Crippen LogP contribution in [0.15, 0.2) is 84.0 Å². The first-order valence-corrected chi connectivity index (χ1v) is 8.39. The summed E-state index contributed by atoms with van der Waals surface area (Å²) in [6.45, 7) is 6.38. The zero-order valence-corrected chi connectivity index (χ0v) is 14.8. The second-order valence-corrected chi connectivity index (χ2v) is 7.05. The summed E-state index contributed by atoms with van der Waals surface area (Å²) in [6.07, 6.45) is 0. The lowest BCUT2D eigenvalue weighted by molar-refractivity contribution is 0.590. The molecular weight excluding hydrogens is 308 g/mol. The van der Waals surface area contributed by atoms with Gasteiger partial charge in [0, 0.05) is 11.4 Å². The zero-order valence-electron chi connectivity index (χ0n) is 14.8. The standard InChI is InChI=1S/C22H22N2O/c1-22(2,3)17-14-15-21(20(16-17)23-25)24(18-10-6-4-7-11-18)19-12-8-5-9-13-19/h4-16H,1-3H3. The van der Waals surface area contributed by atoms with Crippen molar-refractivity contribution in [1.82, 2.24) is 0 Å². The van der Waals surface area contributed by atoms with Gasteiger partial charge in [-0.15, -0.1) is 4.91 Å². The number of nitrogens with zero attached hydrogens (tertiary/aromatic N) is 2. The van der Waals surface area contributed by atoms with E-state index in [-0.39, 0.29) is 5.41 Å². The number of anilines is 3. The van der Waals surface area contributed by atoms with Gasteiger partial charge in [0.05, 0.1) is 5.69 Å². The normalized spacial score (nSPS) is 11.2. The van der Waals surface area contributed by atoms with Gasteiger partial charge in [0.2, 0.25) is 0 Å². The minimum atomic E-state index is -0.0394. The molecule has 3 heteroatoms. The summed E-state index contributed by atoms with van der Waals surface area (Å²) < 4.78 is 0. The summed E-state index contributed by atoms with van der Waals surface area (Å²) in [7, 11) is 0. The fourth-order valence-corrected chi connectivity index (χ4v) is 2.83. The van der Waals surface area contributed by atoms with Crippen molar-refractivity contribution in [2.75, 3.05) is 4.90 Å². The minimum absolute atomic E-state index is 0.0394. The van der Waals surface area contributed by atoms with Gasteiger partial charge in [-0.05, 0) is 52.6 Å². The maximum absolute atomic E-state index is 11.6. The van der Waals surface area contributed by atoms with Crippen LogP contribution in [-0.4, -0.2) is 0 Å². The predicted molar refractivity (Wildman–Crippen MR) is 105 cm³/mol. The first-order valence-electron chi connectivity index (χ1n) is 8.39. The molecule has 0 N–H and O–H groups in total. The van der Waals surface area contributed by atoms with Crippen molar-refractivity contribution in [3.8, 4) is 0 Å². The van der Waals surface area contributed by atoms with Crippen LogP contribution in [0, 0.1) is 4.91 Å². The lowest BCUT2D eigenvalue weighted by Crippen LogP contribution is -2.13. The van der Waals surface area contributed by atoms with Gasteiger partial charge < -0.3 is 4.90 Å². The molecule has 25 heavy (non-hydrogen) atoms. The molecule has 3 nitrogen and oxygen atoms in total. The van der Waals surface area contributed by atoms with Crippen LogP contribution in [0.3, 0.4) is 0 Å². The highest BCUT2D eigenvalue weighted by Crippen LogP contribution is 2.41. The molecule has 0 aromatic heterocycles. The molecule has 0 aliphatic heterocycles. The van der Waals surface area contributed by atoms with E-state index in [1.165, 1.54) is 0 Å². The molecule has 0 saturated heterocycles. The first kappa shape index (κ1) is 16.9. The molecule has 0 aliphatic carbocycles. The third-order valence-corrected chi connectivity index (χ3v) is 4.21. The molecule has 0 heterocycles. The third kappa shape index (κ3) is 3.61. The Morgan fingerprint density at radius 2 is 1.28 bits per heavy atom. The van der Waals surface area contributed by atoms with E-state index in [1.807, 2.05) is 72.8 Å². The molecule has 0 unspecified atom stereocenters. The quantitative estimate of drug-likeness (QED) is 0.490. The van der Waals surface area contributed by atoms with Gasteiger partial charge >= 0.3 is 0 Å². The predicted octanol–water partition coefficient (Wildman–Crippen LogP) is 6.85. The van der Waals surface area contributed by atoms with Gasteiger partial charge in [-0.2, -0.15) is 0 Å². The van der Waals surface area contributed by atoms with Crippen molar-refractivity contribution in [1.29, 1.82) is 0 Å². The van der Waals surface area contributed by atoms with E-state index in [4.69, 9.17) is 0 Å². The van der Waals surface area contributed by atoms with Crippen molar-refractivity contribution in [3.05, 3.63) is 89.3 Å². The highest BCUT2D eigenvalue weighted by Gasteiger charge is 2.20. The van der Waals surface area contributed by atoms with Crippen LogP contribution in [0.2, 0.25) is 0 Å². The highest BCUT2D eigenvalue weighted by molar-refractivity contribution is 5.83. The van der Waals surface area contributed by atoms with E-state index in [0.29, 0.717) is 5.69 Å². The molecule has 3 aromatic rings. The van der Waals surface area contributed by atoms with E-state index in [2.05, 4.69) is 36.9 Å². The summed E-state index contributed by atoms with van der Waals surface area (Å²) in [5.41, 5.74) is 4.25. The monoisotopic (exact) mass is 330 g/mol. The van der Waals surface area contributed by atoms with Gasteiger partial charge in [0.15, 0.2) is 0 Å². The Balaban J connectivity index is 2.19. The van der Waals surface area contributed by atoms with Gasteiger partial charge in [-0.3, -0.25) is 0 Å². The summed E-state index contributed by atoms with van der Waals surface area (Å²) in [5.74, 6) is 0. The molecule has 0 atom stereocenters. The van der Waals surface area contributed by atoms with E-state index < -0.39 is 0 Å². The van der Waals surface area contributed by atoms with Gasteiger partial charge in [-0.1, -0.05) is 63.2 Å². The SMILES string of the molecule is CC(C)(C)c1ccc(N(c2ccccc2)c2ccccc2)c(N=O)c1. The van der Waals surface area contributed by atoms with Gasteiger partial charge in [-0.25, -0.2) is 0 Å². The lowest BCUT2D eigenvalue weighted by Gasteiger charge is -2.27. The van der Waals surface area contributed by atoms with Gasteiger partial charge in [0.25, 0.3) is 0 Å². The molecule has 3 aromatic carbocycles. The van der Waals surface area contributed by atoms with Crippen LogP contribution in [0.25, 0.3) is 0 Å². The summed E-state index contributed by atoms with van der Waals surface area (Å²) in [6, 6.07) is 26.0. The average molecular weight is 330 g/mol. The molecule has 0 amide bonds. The third-order valence-electron chi connectivity index (χ3n) is 4.21. The fourth-order valence-electron chi connectivity index (χ4n) is 2.83. The molecule has 0 bridgehead atoms. The Morgan fingerprint density at radius 1 is 0.760 bits per heavy atom. The highest BCUT2D eigenvalue weighted by atomic mass is 16.3. The number of rotatable bonds is 4. The van der Waals surface area contributed by atoms with Crippen molar-refractivity contribution in [2.45, 2.75) is 26.2 Å². The maximum Gasteiger partial charge on any atom is 0.132 e. The van der Waals surface area contributed by atoms with E-state index in [9.17, 15) is 4.91 Å². The Kier molecular flexibility index (Phi) is 4.66. The zero-order chi connectivity index (χ0) is 17.9. The molecule has 0 spiro atoms. The summed E-state index contributed by atoms with van der Waals surface area (Å²) >= 11 is 0. The molecule has 0 fully saturated rings. The summed E-state index contributed by atoms with van der Waals surface area (Å²) in [5, 5.41) is 3.32. The second kappa shape index (κ2) is 6.89. The van der Waals surface area contributed by atoms with E-state index >= 15 is 0 Å². The number of para-hydroxylation sites is 2. The average Bonchev–Trinajstić information content (AvgIpc) is 2.63. The molecule has 0 saturated carbocycles. The summed E-state index contributed by atoms with van der Waals surface area (Å²) in [4.78, 5) is 13.7. The van der Waals surface area contributed by atoms with Crippen LogP contribution in [0.5, 0.6) is 0 Å². The Bertz CT molecular complexity index is 813. The molecule has 3 rings (SSSR count). The molecule has 126 valence electrons. The molecular formula is C22H22N2O. The van der Waals surface area contributed by atoms with Crippen molar-refractivity contribution in [3.63, 3.8) is 0 Å². The fraction of sp³-hybridized carbons (Fsp3) is 0.182. The minimum Gasteiger partial charge on any atom is -0.308 e. The van der Waals surface area contributed by atoms with Gasteiger partial charge in [0.1, 0.15) is 5.69 Å². The van der Waals surface area contributed by atoms with Crippen LogP contribution in [-0.2, 0) is 5.41 Å². The van der Waals surface area contributed by atoms with Crippen LogP contribution < -0.4 is 4.90 Å². The smallest absolute Gasteiger partial charge is 0.132 e. The van der Waals surface area contributed by atoms with Crippen molar-refractivity contribution in [2.24, 2.45) is 5.18 Å². The topological polar surface area (TPSA) is 32.7 Å². The number of hydrogen-bond acceptors (Lipinski definition) is 3. The Hall–Kier alpha value is -2.94.